The number of hydrogen-bond acceptors (Lipinski definition) is 4. The molecule has 0 spiro atoms. The zero-order chi connectivity index (χ0) is 15.7. The molecule has 3 N–H and O–H groups in total. The molecule has 120 valence electrons. The number of likely N-dealkylation sites (N-methyl/N-ethyl adjacent to an activating group) is 1. The fourth-order valence-electron chi connectivity index (χ4n) is 3.62. The molecule has 1 aromatic rings. The summed E-state index contributed by atoms with van der Waals surface area (Å²) in [5, 5.41) is 6.56. The van der Waals surface area contributed by atoms with Crippen molar-refractivity contribution in [3.05, 3.63) is 11.9 Å². The highest BCUT2D eigenvalue weighted by Gasteiger charge is 2.45. The maximum Gasteiger partial charge on any atom is 0.247 e. The van der Waals surface area contributed by atoms with Gasteiger partial charge in [-0.2, -0.15) is 9.40 Å². The number of H-pyrrole nitrogens is 1. The van der Waals surface area contributed by atoms with E-state index in [2.05, 4.69) is 17.1 Å². The van der Waals surface area contributed by atoms with Crippen molar-refractivity contribution < 1.29 is 8.42 Å². The summed E-state index contributed by atoms with van der Waals surface area (Å²) in [6.45, 7) is 6.57. The smallest absolute Gasteiger partial charge is 0.247 e. The Morgan fingerprint density at radius 2 is 2.29 bits per heavy atom. The van der Waals surface area contributed by atoms with Gasteiger partial charge < -0.3 is 5.73 Å². The first-order valence-electron chi connectivity index (χ1n) is 7.60. The van der Waals surface area contributed by atoms with Gasteiger partial charge in [0.15, 0.2) is 0 Å². The summed E-state index contributed by atoms with van der Waals surface area (Å²) in [6, 6.07) is 0. The molecule has 2 rings (SSSR count). The summed E-state index contributed by atoms with van der Waals surface area (Å²) in [5.41, 5.74) is 6.15. The Hall–Kier alpha value is -0.920. The van der Waals surface area contributed by atoms with Gasteiger partial charge in [-0.1, -0.05) is 26.7 Å². The number of aromatic nitrogens is 2. The van der Waals surface area contributed by atoms with Crippen LogP contribution in [0.1, 0.15) is 45.2 Å². The van der Waals surface area contributed by atoms with Crippen LogP contribution < -0.4 is 5.73 Å². The number of rotatable bonds is 5. The molecule has 0 radical (unpaired) electrons. The van der Waals surface area contributed by atoms with Gasteiger partial charge in [0.2, 0.25) is 10.0 Å². The molecule has 6 nitrogen and oxygen atoms in total. The van der Waals surface area contributed by atoms with Gasteiger partial charge in [-0.15, -0.1) is 0 Å². The minimum absolute atomic E-state index is 0.260. The largest absolute Gasteiger partial charge is 0.329 e. The van der Waals surface area contributed by atoms with Gasteiger partial charge in [-0.05, 0) is 25.7 Å². The Morgan fingerprint density at radius 1 is 1.57 bits per heavy atom. The molecular formula is C14H26N4O2S. The van der Waals surface area contributed by atoms with Gasteiger partial charge in [-0.25, -0.2) is 8.42 Å². The minimum atomic E-state index is -3.57. The summed E-state index contributed by atoms with van der Waals surface area (Å²) in [7, 11) is -3.57. The Balaban J connectivity index is 2.44. The molecule has 1 fully saturated rings. The van der Waals surface area contributed by atoms with E-state index >= 15 is 0 Å². The highest BCUT2D eigenvalue weighted by Crippen LogP contribution is 2.39. The Labute approximate surface area is 127 Å². The van der Waals surface area contributed by atoms with Gasteiger partial charge in [0, 0.05) is 18.6 Å². The monoisotopic (exact) mass is 314 g/mol. The fraction of sp³-hybridized carbons (Fsp3) is 0.786. The molecule has 1 saturated carbocycles. The second kappa shape index (κ2) is 6.06. The maximum absolute atomic E-state index is 13.0. The van der Waals surface area contributed by atoms with Crippen LogP contribution in [0.3, 0.4) is 0 Å². The number of nitrogens with one attached hydrogen (secondary N) is 1. The first-order valence-corrected chi connectivity index (χ1v) is 9.04. The molecule has 1 aromatic heterocycles. The van der Waals surface area contributed by atoms with Crippen LogP contribution in [0.4, 0.5) is 0 Å². The molecule has 2 unspecified atom stereocenters. The third kappa shape index (κ3) is 2.86. The van der Waals surface area contributed by atoms with Crippen LogP contribution in [0.15, 0.2) is 11.1 Å². The lowest BCUT2D eigenvalue weighted by atomic mass is 9.76. The van der Waals surface area contributed by atoms with E-state index < -0.39 is 15.6 Å². The first kappa shape index (κ1) is 16.5. The third-order valence-corrected chi connectivity index (χ3v) is 6.81. The van der Waals surface area contributed by atoms with Gasteiger partial charge in [0.05, 0.1) is 11.9 Å². The van der Waals surface area contributed by atoms with E-state index in [0.29, 0.717) is 24.7 Å². The molecule has 0 aliphatic heterocycles. The first-order chi connectivity index (χ1) is 9.87. The van der Waals surface area contributed by atoms with Gasteiger partial charge >= 0.3 is 0 Å². The van der Waals surface area contributed by atoms with Crippen LogP contribution in [0.25, 0.3) is 0 Å². The van der Waals surface area contributed by atoms with Crippen LogP contribution in [0.5, 0.6) is 0 Å². The van der Waals surface area contributed by atoms with Crippen molar-refractivity contribution in [2.75, 3.05) is 13.1 Å². The van der Waals surface area contributed by atoms with Crippen molar-refractivity contribution in [1.29, 1.82) is 0 Å². The molecule has 0 aromatic carbocycles. The van der Waals surface area contributed by atoms with Gasteiger partial charge in [0.1, 0.15) is 4.90 Å². The molecule has 0 saturated heterocycles. The average molecular weight is 314 g/mol. The lowest BCUT2D eigenvalue weighted by molar-refractivity contribution is 0.112. The molecular weight excluding hydrogens is 288 g/mol. The minimum Gasteiger partial charge on any atom is -0.329 e. The number of aryl methyl sites for hydroxylation is 1. The summed E-state index contributed by atoms with van der Waals surface area (Å²) >= 11 is 0. The number of sulfonamides is 1. The van der Waals surface area contributed by atoms with Crippen LogP contribution in [0.2, 0.25) is 0 Å². The summed E-state index contributed by atoms with van der Waals surface area (Å²) in [4.78, 5) is 0.260. The Morgan fingerprint density at radius 3 is 2.76 bits per heavy atom. The quantitative estimate of drug-likeness (QED) is 0.864. The van der Waals surface area contributed by atoms with Crippen LogP contribution in [-0.2, 0) is 10.0 Å². The summed E-state index contributed by atoms with van der Waals surface area (Å²) < 4.78 is 27.7. The average Bonchev–Trinajstić information content (AvgIpc) is 2.86. The number of nitrogens with two attached hydrogens (primary N) is 1. The number of hydrogen-bond donors (Lipinski definition) is 2. The lowest BCUT2D eigenvalue weighted by Crippen LogP contribution is -2.58. The highest BCUT2D eigenvalue weighted by atomic mass is 32.2. The molecule has 1 aliphatic rings. The molecule has 1 aliphatic carbocycles. The predicted octanol–water partition coefficient (Wildman–Crippen LogP) is 1.64. The van der Waals surface area contributed by atoms with Crippen LogP contribution in [0, 0.1) is 12.8 Å². The van der Waals surface area contributed by atoms with Crippen LogP contribution in [-0.4, -0.2) is 41.5 Å². The fourth-order valence-corrected chi connectivity index (χ4v) is 5.57. The molecule has 21 heavy (non-hydrogen) atoms. The Bertz CT molecular complexity index is 584. The second-order valence-electron chi connectivity index (χ2n) is 6.16. The van der Waals surface area contributed by atoms with Crippen molar-refractivity contribution in [2.45, 2.75) is 56.9 Å². The summed E-state index contributed by atoms with van der Waals surface area (Å²) in [6.07, 6.45) is 5.22. The third-order valence-electron chi connectivity index (χ3n) is 4.62. The topological polar surface area (TPSA) is 92.1 Å². The molecule has 2 atom stereocenters. The van der Waals surface area contributed by atoms with Crippen molar-refractivity contribution >= 4 is 10.0 Å². The van der Waals surface area contributed by atoms with Crippen LogP contribution >= 0.6 is 0 Å². The molecule has 1 heterocycles. The normalized spacial score (nSPS) is 27.2. The second-order valence-corrected chi connectivity index (χ2v) is 7.99. The molecule has 0 amide bonds. The van der Waals surface area contributed by atoms with E-state index in [1.807, 2.05) is 6.92 Å². The Kier molecular flexibility index (Phi) is 4.75. The predicted molar refractivity (Wildman–Crippen MR) is 82.3 cm³/mol. The number of aromatic amines is 1. The van der Waals surface area contributed by atoms with E-state index in [-0.39, 0.29) is 4.90 Å². The highest BCUT2D eigenvalue weighted by molar-refractivity contribution is 7.89. The van der Waals surface area contributed by atoms with E-state index in [1.165, 1.54) is 6.20 Å². The van der Waals surface area contributed by atoms with E-state index in [0.717, 1.165) is 25.7 Å². The van der Waals surface area contributed by atoms with E-state index in [1.54, 1.807) is 11.2 Å². The lowest BCUT2D eigenvalue weighted by Gasteiger charge is -2.46. The van der Waals surface area contributed by atoms with Crippen molar-refractivity contribution in [3.63, 3.8) is 0 Å². The molecule has 7 heteroatoms. The van der Waals surface area contributed by atoms with Crippen molar-refractivity contribution in [2.24, 2.45) is 11.7 Å². The van der Waals surface area contributed by atoms with Gasteiger partial charge in [-0.3, -0.25) is 5.10 Å². The van der Waals surface area contributed by atoms with E-state index in [9.17, 15) is 8.42 Å². The van der Waals surface area contributed by atoms with Crippen molar-refractivity contribution in [3.8, 4) is 0 Å². The number of nitrogens with zero attached hydrogens (tertiary/aromatic N) is 2. The summed E-state index contributed by atoms with van der Waals surface area (Å²) in [5.74, 6) is 0.497. The zero-order valence-electron chi connectivity index (χ0n) is 13.1. The SMILES string of the molecule is CCN(C1(CN)CCCC(C)C1)S(=O)(=O)c1cn[nH]c1C. The van der Waals surface area contributed by atoms with Gasteiger partial charge in [0.25, 0.3) is 0 Å². The standard InChI is InChI=1S/C14H26N4O2S/c1-4-18(14(10-15)7-5-6-11(2)8-14)21(19,20)13-9-16-17-12(13)3/h9,11H,4-8,10,15H2,1-3H3,(H,16,17). The zero-order valence-corrected chi connectivity index (χ0v) is 13.9. The maximum atomic E-state index is 13.0. The van der Waals surface area contributed by atoms with Crippen molar-refractivity contribution in [1.82, 2.24) is 14.5 Å². The molecule has 0 bridgehead atoms. The van der Waals surface area contributed by atoms with E-state index in [4.69, 9.17) is 5.73 Å².